The molecule has 2 aromatic rings. The zero-order valence-electron chi connectivity index (χ0n) is 13.5. The van der Waals surface area contributed by atoms with E-state index in [1.54, 1.807) is 5.51 Å². The van der Waals surface area contributed by atoms with Gasteiger partial charge in [-0.1, -0.05) is 30.3 Å². The second-order valence-corrected chi connectivity index (χ2v) is 7.06. The van der Waals surface area contributed by atoms with Crippen LogP contribution in [0.25, 0.3) is 0 Å². The number of piperidine rings is 1. The normalized spacial score (nSPS) is 18.7. The molecule has 1 amide bonds. The van der Waals surface area contributed by atoms with E-state index in [4.69, 9.17) is 0 Å². The minimum Gasteiger partial charge on any atom is -0.351 e. The van der Waals surface area contributed by atoms with Crippen molar-refractivity contribution in [3.8, 4) is 0 Å². The zero-order valence-corrected chi connectivity index (χ0v) is 14.3. The highest BCUT2D eigenvalue weighted by Crippen LogP contribution is 2.18. The highest BCUT2D eigenvalue weighted by Gasteiger charge is 2.21. The van der Waals surface area contributed by atoms with Gasteiger partial charge in [0.1, 0.15) is 4.88 Å². The first kappa shape index (κ1) is 16.1. The Hall–Kier alpha value is -1.72. The van der Waals surface area contributed by atoms with Gasteiger partial charge in [-0.25, -0.2) is 4.98 Å². The third-order valence-corrected chi connectivity index (χ3v) is 5.28. The van der Waals surface area contributed by atoms with Gasteiger partial charge >= 0.3 is 0 Å². The molecule has 1 aliphatic heterocycles. The Kier molecular flexibility index (Phi) is 5.41. The number of nitrogens with one attached hydrogen (secondary N) is 1. The minimum absolute atomic E-state index is 0.0187. The summed E-state index contributed by atoms with van der Waals surface area (Å²) in [6, 6.07) is 10.6. The van der Waals surface area contributed by atoms with Crippen LogP contribution in [0.15, 0.2) is 35.8 Å². The Morgan fingerprint density at radius 2 is 2.22 bits per heavy atom. The van der Waals surface area contributed by atoms with Crippen LogP contribution in [0.3, 0.4) is 0 Å². The maximum atomic E-state index is 12.2. The van der Waals surface area contributed by atoms with Crippen LogP contribution in [0.2, 0.25) is 0 Å². The van der Waals surface area contributed by atoms with Gasteiger partial charge in [-0.2, -0.15) is 0 Å². The third-order valence-electron chi connectivity index (χ3n) is 4.36. The summed E-state index contributed by atoms with van der Waals surface area (Å²) in [5.74, 6) is 0.551. The van der Waals surface area contributed by atoms with E-state index < -0.39 is 0 Å². The summed E-state index contributed by atoms with van der Waals surface area (Å²) in [5, 5.41) is 3.08. The topological polar surface area (TPSA) is 45.2 Å². The number of aromatic nitrogens is 1. The van der Waals surface area contributed by atoms with Gasteiger partial charge in [0.05, 0.1) is 11.2 Å². The number of amides is 1. The van der Waals surface area contributed by atoms with Crippen LogP contribution in [0.1, 0.15) is 33.8 Å². The van der Waals surface area contributed by atoms with E-state index in [1.165, 1.54) is 29.7 Å². The van der Waals surface area contributed by atoms with E-state index in [-0.39, 0.29) is 5.91 Å². The van der Waals surface area contributed by atoms with Gasteiger partial charge in [0, 0.05) is 19.6 Å². The summed E-state index contributed by atoms with van der Waals surface area (Å²) >= 11 is 1.41. The first-order chi connectivity index (χ1) is 11.2. The van der Waals surface area contributed by atoms with Crippen molar-refractivity contribution in [2.75, 3.05) is 19.6 Å². The molecule has 0 spiro atoms. The number of rotatable bonds is 5. The Morgan fingerprint density at radius 3 is 2.96 bits per heavy atom. The van der Waals surface area contributed by atoms with Crippen LogP contribution < -0.4 is 5.32 Å². The maximum Gasteiger partial charge on any atom is 0.263 e. The smallest absolute Gasteiger partial charge is 0.263 e. The lowest BCUT2D eigenvalue weighted by Crippen LogP contribution is -2.40. The van der Waals surface area contributed by atoms with E-state index in [2.05, 4.69) is 45.5 Å². The number of hydrogen-bond acceptors (Lipinski definition) is 4. The van der Waals surface area contributed by atoms with Gasteiger partial charge in [0.2, 0.25) is 0 Å². The van der Waals surface area contributed by atoms with Crippen LogP contribution in [0, 0.1) is 12.8 Å². The van der Waals surface area contributed by atoms with Crippen molar-refractivity contribution < 1.29 is 4.79 Å². The molecule has 2 heterocycles. The molecule has 1 fully saturated rings. The van der Waals surface area contributed by atoms with E-state index in [9.17, 15) is 4.79 Å². The fraction of sp³-hybridized carbons (Fsp3) is 0.444. The number of aryl methyl sites for hydroxylation is 1. The highest BCUT2D eigenvalue weighted by molar-refractivity contribution is 7.11. The number of carbonyl (C=O) groups is 1. The number of likely N-dealkylation sites (tertiary alicyclic amines) is 1. The van der Waals surface area contributed by atoms with Crippen molar-refractivity contribution in [2.24, 2.45) is 5.92 Å². The third kappa shape index (κ3) is 4.39. The van der Waals surface area contributed by atoms with Crippen LogP contribution in [-0.4, -0.2) is 35.4 Å². The summed E-state index contributed by atoms with van der Waals surface area (Å²) in [6.45, 7) is 5.83. The Bertz CT molecular complexity index is 641. The summed E-state index contributed by atoms with van der Waals surface area (Å²) in [7, 11) is 0. The first-order valence-corrected chi connectivity index (χ1v) is 9.05. The minimum atomic E-state index is 0.0187. The molecule has 5 heteroatoms. The number of thiazole rings is 1. The number of benzene rings is 1. The molecule has 1 saturated heterocycles. The van der Waals surface area contributed by atoms with Crippen molar-refractivity contribution in [3.05, 3.63) is 52.0 Å². The van der Waals surface area contributed by atoms with Gasteiger partial charge in [-0.05, 0) is 37.8 Å². The number of hydrogen-bond donors (Lipinski definition) is 1. The van der Waals surface area contributed by atoms with Crippen molar-refractivity contribution in [3.63, 3.8) is 0 Å². The number of carbonyl (C=O) groups excluding carboxylic acids is 1. The average molecular weight is 329 g/mol. The lowest BCUT2D eigenvalue weighted by molar-refractivity contribution is 0.0934. The average Bonchev–Trinajstić information content (AvgIpc) is 3.00. The molecule has 23 heavy (non-hydrogen) atoms. The lowest BCUT2D eigenvalue weighted by atomic mass is 9.97. The summed E-state index contributed by atoms with van der Waals surface area (Å²) in [4.78, 5) is 19.6. The van der Waals surface area contributed by atoms with Gasteiger partial charge in [-0.15, -0.1) is 11.3 Å². The predicted octanol–water partition coefficient (Wildman–Crippen LogP) is 3.09. The monoisotopic (exact) mass is 329 g/mol. The molecule has 122 valence electrons. The van der Waals surface area contributed by atoms with Crippen LogP contribution in [0.5, 0.6) is 0 Å². The van der Waals surface area contributed by atoms with Crippen molar-refractivity contribution in [2.45, 2.75) is 26.3 Å². The van der Waals surface area contributed by atoms with Crippen LogP contribution >= 0.6 is 11.3 Å². The van der Waals surface area contributed by atoms with E-state index >= 15 is 0 Å². The standard InChI is InChI=1S/C18H23N3OS/c1-14-17(23-13-20-14)18(22)19-10-16-8-5-9-21(12-16)11-15-6-3-2-4-7-15/h2-4,6-7,13,16H,5,8-12H2,1H3,(H,19,22)/t16-/m0/s1. The quantitative estimate of drug-likeness (QED) is 0.917. The largest absolute Gasteiger partial charge is 0.351 e. The molecule has 1 aliphatic rings. The zero-order chi connectivity index (χ0) is 16.1. The Labute approximate surface area is 141 Å². The molecule has 3 rings (SSSR count). The van der Waals surface area contributed by atoms with Crippen LogP contribution in [0.4, 0.5) is 0 Å². The fourth-order valence-electron chi connectivity index (χ4n) is 3.14. The van der Waals surface area contributed by atoms with Crippen molar-refractivity contribution >= 4 is 17.2 Å². The first-order valence-electron chi connectivity index (χ1n) is 8.17. The molecule has 1 aromatic carbocycles. The molecule has 0 bridgehead atoms. The second kappa shape index (κ2) is 7.70. The molecular weight excluding hydrogens is 306 g/mol. The maximum absolute atomic E-state index is 12.2. The summed E-state index contributed by atoms with van der Waals surface area (Å²) < 4.78 is 0. The molecule has 1 aromatic heterocycles. The van der Waals surface area contributed by atoms with E-state index in [1.807, 2.05) is 6.92 Å². The lowest BCUT2D eigenvalue weighted by Gasteiger charge is -2.32. The Morgan fingerprint density at radius 1 is 1.39 bits per heavy atom. The highest BCUT2D eigenvalue weighted by atomic mass is 32.1. The molecule has 1 N–H and O–H groups in total. The molecule has 0 radical (unpaired) electrons. The van der Waals surface area contributed by atoms with Crippen LogP contribution in [-0.2, 0) is 6.54 Å². The fourth-order valence-corrected chi connectivity index (χ4v) is 3.86. The molecule has 0 saturated carbocycles. The van der Waals surface area contributed by atoms with Crippen molar-refractivity contribution in [1.82, 2.24) is 15.2 Å². The predicted molar refractivity (Wildman–Crippen MR) is 93.6 cm³/mol. The van der Waals surface area contributed by atoms with Crippen molar-refractivity contribution in [1.29, 1.82) is 0 Å². The number of nitrogens with zero attached hydrogens (tertiary/aromatic N) is 2. The summed E-state index contributed by atoms with van der Waals surface area (Å²) in [6.07, 6.45) is 2.39. The summed E-state index contributed by atoms with van der Waals surface area (Å²) in [5.41, 5.74) is 3.91. The molecular formula is C18H23N3OS. The SMILES string of the molecule is Cc1ncsc1C(=O)NC[C@@H]1CCCN(Cc2ccccc2)C1. The molecule has 1 atom stereocenters. The van der Waals surface area contributed by atoms with Gasteiger partial charge in [0.25, 0.3) is 5.91 Å². The Balaban J connectivity index is 1.49. The van der Waals surface area contributed by atoms with Gasteiger partial charge in [-0.3, -0.25) is 9.69 Å². The molecule has 4 nitrogen and oxygen atoms in total. The molecule has 0 unspecified atom stereocenters. The van der Waals surface area contributed by atoms with E-state index in [0.717, 1.165) is 36.8 Å². The van der Waals surface area contributed by atoms with E-state index in [0.29, 0.717) is 5.92 Å². The van der Waals surface area contributed by atoms with Gasteiger partial charge in [0.15, 0.2) is 0 Å². The molecule has 0 aliphatic carbocycles. The second-order valence-electron chi connectivity index (χ2n) is 6.21. The van der Waals surface area contributed by atoms with Gasteiger partial charge < -0.3 is 5.32 Å².